The van der Waals surface area contributed by atoms with Crippen molar-refractivity contribution < 1.29 is 4.74 Å². The lowest BCUT2D eigenvalue weighted by atomic mass is 10.2. The first-order valence-corrected chi connectivity index (χ1v) is 6.26. The van der Waals surface area contributed by atoms with E-state index in [1.807, 2.05) is 36.7 Å². The van der Waals surface area contributed by atoms with E-state index >= 15 is 0 Å². The zero-order chi connectivity index (χ0) is 11.7. The Kier molecular flexibility index (Phi) is 2.65. The normalized spacial score (nSPS) is 17.4. The minimum atomic E-state index is 0.240. The maximum Gasteiger partial charge on any atom is 0.143 e. The fourth-order valence-corrected chi connectivity index (χ4v) is 3.06. The molecule has 0 radical (unpaired) electrons. The van der Waals surface area contributed by atoms with Crippen molar-refractivity contribution in [2.24, 2.45) is 0 Å². The Morgan fingerprint density at radius 3 is 2.82 bits per heavy atom. The topological polar surface area (TPSA) is 34.1 Å². The number of hydrogen-bond donors (Lipinski definition) is 1. The molecule has 1 aromatic heterocycles. The number of anilines is 1. The average molecular weight is 244 g/mol. The molecule has 0 saturated carbocycles. The van der Waals surface area contributed by atoms with Crippen LogP contribution in [0.3, 0.4) is 0 Å². The van der Waals surface area contributed by atoms with E-state index in [4.69, 9.17) is 4.74 Å². The van der Waals surface area contributed by atoms with E-state index in [-0.39, 0.29) is 5.37 Å². The molecule has 17 heavy (non-hydrogen) atoms. The molecule has 1 aromatic carbocycles. The van der Waals surface area contributed by atoms with Crippen LogP contribution in [-0.4, -0.2) is 12.1 Å². The summed E-state index contributed by atoms with van der Waals surface area (Å²) < 4.78 is 5.35. The van der Waals surface area contributed by atoms with Crippen LogP contribution < -0.4 is 10.1 Å². The number of ether oxygens (including phenoxy) is 1. The van der Waals surface area contributed by atoms with Crippen LogP contribution in [0, 0.1) is 0 Å². The maximum atomic E-state index is 5.35. The van der Waals surface area contributed by atoms with Crippen LogP contribution in [0.4, 0.5) is 5.69 Å². The molecule has 0 bridgehead atoms. The Hall–Kier alpha value is -1.68. The number of fused-ring (bicyclic) bond motifs is 1. The Morgan fingerprint density at radius 1 is 1.24 bits per heavy atom. The average Bonchev–Trinajstić information content (AvgIpc) is 2.83. The molecule has 1 aliphatic rings. The second-order valence-electron chi connectivity index (χ2n) is 3.76. The first kappa shape index (κ1) is 10.5. The zero-order valence-corrected chi connectivity index (χ0v) is 10.2. The lowest BCUT2D eigenvalue weighted by molar-refractivity contribution is 0.415. The van der Waals surface area contributed by atoms with Crippen LogP contribution in [-0.2, 0) is 0 Å². The largest absolute Gasteiger partial charge is 0.495 e. The summed E-state index contributed by atoms with van der Waals surface area (Å²) >= 11 is 1.80. The second-order valence-corrected chi connectivity index (χ2v) is 4.90. The third-order valence-electron chi connectivity index (χ3n) is 2.74. The molecule has 1 unspecified atom stereocenters. The molecule has 0 spiro atoms. The van der Waals surface area contributed by atoms with Gasteiger partial charge < -0.3 is 10.1 Å². The minimum absolute atomic E-state index is 0.240. The molecule has 1 N–H and O–H groups in total. The van der Waals surface area contributed by atoms with Crippen molar-refractivity contribution >= 4 is 17.4 Å². The Morgan fingerprint density at radius 2 is 2.06 bits per heavy atom. The summed E-state index contributed by atoms with van der Waals surface area (Å²) in [6.07, 6.45) is 3.63. The molecule has 0 fully saturated rings. The number of nitrogens with zero attached hydrogens (tertiary/aromatic N) is 1. The van der Waals surface area contributed by atoms with Gasteiger partial charge >= 0.3 is 0 Å². The van der Waals surface area contributed by atoms with E-state index in [1.165, 1.54) is 10.5 Å². The van der Waals surface area contributed by atoms with E-state index in [0.29, 0.717) is 0 Å². The van der Waals surface area contributed by atoms with Gasteiger partial charge in [0, 0.05) is 17.3 Å². The van der Waals surface area contributed by atoms with Crippen LogP contribution >= 0.6 is 11.8 Å². The number of nitrogens with one attached hydrogen (secondary N) is 1. The molecule has 3 nitrogen and oxygen atoms in total. The van der Waals surface area contributed by atoms with Gasteiger partial charge in [-0.05, 0) is 29.8 Å². The maximum absolute atomic E-state index is 5.35. The summed E-state index contributed by atoms with van der Waals surface area (Å²) in [6.45, 7) is 0. The van der Waals surface area contributed by atoms with Gasteiger partial charge in [-0.1, -0.05) is 17.8 Å². The number of methoxy groups -OCH3 is 1. The number of aromatic nitrogens is 1. The van der Waals surface area contributed by atoms with E-state index in [0.717, 1.165) is 11.4 Å². The monoisotopic (exact) mass is 244 g/mol. The molecule has 4 heteroatoms. The summed E-state index contributed by atoms with van der Waals surface area (Å²) in [4.78, 5) is 5.27. The molecule has 0 saturated heterocycles. The van der Waals surface area contributed by atoms with Crippen molar-refractivity contribution in [2.75, 3.05) is 12.4 Å². The summed E-state index contributed by atoms with van der Waals surface area (Å²) in [7, 11) is 1.70. The van der Waals surface area contributed by atoms with Gasteiger partial charge in [0.05, 0.1) is 12.8 Å². The quantitative estimate of drug-likeness (QED) is 0.879. The standard InChI is InChI=1S/C13H12N2OS/c1-16-10-3-2-4-11-12(10)15-13(17-11)9-5-7-14-8-6-9/h2-8,13,15H,1H3. The van der Waals surface area contributed by atoms with Crippen molar-refractivity contribution in [1.29, 1.82) is 0 Å². The molecule has 3 rings (SSSR count). The van der Waals surface area contributed by atoms with Gasteiger partial charge in [-0.2, -0.15) is 0 Å². The molecular formula is C13H12N2OS. The van der Waals surface area contributed by atoms with Crippen LogP contribution in [0.2, 0.25) is 0 Å². The highest BCUT2D eigenvalue weighted by Gasteiger charge is 2.25. The van der Waals surface area contributed by atoms with Crippen LogP contribution in [0.25, 0.3) is 0 Å². The predicted molar refractivity (Wildman–Crippen MR) is 69.5 cm³/mol. The highest BCUT2D eigenvalue weighted by atomic mass is 32.2. The van der Waals surface area contributed by atoms with Crippen molar-refractivity contribution in [2.45, 2.75) is 10.3 Å². The zero-order valence-electron chi connectivity index (χ0n) is 9.38. The molecule has 1 atom stereocenters. The van der Waals surface area contributed by atoms with E-state index < -0.39 is 0 Å². The summed E-state index contributed by atoms with van der Waals surface area (Å²) in [6, 6.07) is 10.2. The van der Waals surface area contributed by atoms with E-state index in [9.17, 15) is 0 Å². The van der Waals surface area contributed by atoms with Crippen LogP contribution in [0.5, 0.6) is 5.75 Å². The van der Waals surface area contributed by atoms with Crippen LogP contribution in [0.15, 0.2) is 47.6 Å². The van der Waals surface area contributed by atoms with Crippen molar-refractivity contribution in [3.8, 4) is 5.75 Å². The van der Waals surface area contributed by atoms with Gasteiger partial charge in [0.1, 0.15) is 11.1 Å². The highest BCUT2D eigenvalue weighted by Crippen LogP contribution is 2.49. The highest BCUT2D eigenvalue weighted by molar-refractivity contribution is 8.00. The van der Waals surface area contributed by atoms with Gasteiger partial charge in [-0.3, -0.25) is 4.98 Å². The minimum Gasteiger partial charge on any atom is -0.495 e. The Bertz CT molecular complexity index is 530. The number of pyridine rings is 1. The fourth-order valence-electron chi connectivity index (χ4n) is 1.90. The summed E-state index contributed by atoms with van der Waals surface area (Å²) in [5.41, 5.74) is 2.31. The van der Waals surface area contributed by atoms with Gasteiger partial charge in [0.25, 0.3) is 0 Å². The second kappa shape index (κ2) is 4.30. The van der Waals surface area contributed by atoms with Gasteiger partial charge in [0.2, 0.25) is 0 Å². The molecule has 2 aromatic rings. The molecule has 2 heterocycles. The number of rotatable bonds is 2. The Labute approximate surface area is 104 Å². The molecule has 86 valence electrons. The Balaban J connectivity index is 1.93. The lowest BCUT2D eigenvalue weighted by Gasteiger charge is -2.11. The third-order valence-corrected chi connectivity index (χ3v) is 3.96. The van der Waals surface area contributed by atoms with Gasteiger partial charge in [0.15, 0.2) is 0 Å². The predicted octanol–water partition coefficient (Wildman–Crippen LogP) is 3.31. The summed E-state index contributed by atoms with van der Waals surface area (Å²) in [5.74, 6) is 0.895. The van der Waals surface area contributed by atoms with E-state index in [1.54, 1.807) is 18.9 Å². The summed E-state index contributed by atoms with van der Waals surface area (Å²) in [5, 5.41) is 3.72. The first-order chi connectivity index (χ1) is 8.38. The fraction of sp³-hybridized carbons (Fsp3) is 0.154. The van der Waals surface area contributed by atoms with Gasteiger partial charge in [-0.25, -0.2) is 0 Å². The lowest BCUT2D eigenvalue weighted by Crippen LogP contribution is -2.01. The third kappa shape index (κ3) is 1.85. The first-order valence-electron chi connectivity index (χ1n) is 5.38. The van der Waals surface area contributed by atoms with Crippen molar-refractivity contribution in [3.05, 3.63) is 48.3 Å². The van der Waals surface area contributed by atoms with Crippen molar-refractivity contribution in [3.63, 3.8) is 0 Å². The van der Waals surface area contributed by atoms with E-state index in [2.05, 4.69) is 16.4 Å². The SMILES string of the molecule is COc1cccc2c1NC(c1ccncc1)S2. The molecule has 0 aliphatic carbocycles. The number of benzene rings is 1. The molecule has 1 aliphatic heterocycles. The van der Waals surface area contributed by atoms with Crippen molar-refractivity contribution in [1.82, 2.24) is 4.98 Å². The molecular weight excluding hydrogens is 232 g/mol. The van der Waals surface area contributed by atoms with Crippen LogP contribution in [0.1, 0.15) is 10.9 Å². The number of para-hydroxylation sites is 1. The molecule has 0 amide bonds. The number of hydrogen-bond acceptors (Lipinski definition) is 4. The number of thioether (sulfide) groups is 1. The smallest absolute Gasteiger partial charge is 0.143 e. The van der Waals surface area contributed by atoms with Gasteiger partial charge in [-0.15, -0.1) is 0 Å².